The molecule has 0 aliphatic carbocycles. The molecular weight excluding hydrogens is 452 g/mol. The number of aromatic nitrogens is 3. The first-order valence-electron chi connectivity index (χ1n) is 11.1. The summed E-state index contributed by atoms with van der Waals surface area (Å²) in [5, 5.41) is 15.7. The molecule has 0 atom stereocenters. The zero-order valence-corrected chi connectivity index (χ0v) is 18.8. The summed E-state index contributed by atoms with van der Waals surface area (Å²) in [5.41, 5.74) is 2.80. The summed E-state index contributed by atoms with van der Waals surface area (Å²) in [6, 6.07) is 17.3. The van der Waals surface area contributed by atoms with Crippen LogP contribution in [0, 0.1) is 18.6 Å². The van der Waals surface area contributed by atoms with Gasteiger partial charge in [-0.3, -0.25) is 9.59 Å². The minimum atomic E-state index is -1.03. The van der Waals surface area contributed by atoms with E-state index in [1.807, 2.05) is 0 Å². The van der Waals surface area contributed by atoms with Gasteiger partial charge in [0.05, 0.1) is 5.39 Å². The van der Waals surface area contributed by atoms with E-state index in [0.717, 1.165) is 5.56 Å². The third-order valence-corrected chi connectivity index (χ3v) is 6.21. The third-order valence-electron chi connectivity index (χ3n) is 6.21. The Morgan fingerprint density at radius 3 is 2.34 bits per heavy atom. The van der Waals surface area contributed by atoms with Gasteiger partial charge in [-0.15, -0.1) is 0 Å². The number of hydrogen-bond donors (Lipinski definition) is 1. The Labute approximate surface area is 198 Å². The molecule has 176 valence electrons. The average Bonchev–Trinajstić information content (AvgIpc) is 3.10. The van der Waals surface area contributed by atoms with Crippen LogP contribution in [-0.2, 0) is 24.3 Å². The van der Waals surface area contributed by atoms with Crippen LogP contribution in [0.4, 0.5) is 8.78 Å². The summed E-state index contributed by atoms with van der Waals surface area (Å²) in [6.45, 7) is 1.72. The first-order valence-corrected chi connectivity index (χ1v) is 11.1. The van der Waals surface area contributed by atoms with Crippen molar-refractivity contribution in [1.29, 1.82) is 0 Å². The minimum Gasteiger partial charge on any atom is -0.480 e. The van der Waals surface area contributed by atoms with Gasteiger partial charge in [-0.25, -0.2) is 13.5 Å². The van der Waals surface area contributed by atoms with E-state index in [2.05, 4.69) is 5.10 Å². The van der Waals surface area contributed by atoms with Crippen molar-refractivity contribution in [3.8, 4) is 11.3 Å². The topological polar surface area (TPSA) is 77.1 Å². The quantitative estimate of drug-likeness (QED) is 0.379. The van der Waals surface area contributed by atoms with Gasteiger partial charge in [-0.2, -0.15) is 5.10 Å². The molecule has 6 nitrogen and oxygen atoms in total. The molecule has 0 aliphatic rings. The maximum Gasteiger partial charge on any atom is 0.323 e. The maximum absolute atomic E-state index is 14.3. The summed E-state index contributed by atoms with van der Waals surface area (Å²) in [4.78, 5) is 24.8. The van der Waals surface area contributed by atoms with Gasteiger partial charge in [-0.1, -0.05) is 30.3 Å². The largest absolute Gasteiger partial charge is 0.480 e. The van der Waals surface area contributed by atoms with Crippen LogP contribution in [0.1, 0.15) is 11.3 Å². The van der Waals surface area contributed by atoms with E-state index in [-0.39, 0.29) is 24.5 Å². The molecule has 0 fully saturated rings. The van der Waals surface area contributed by atoms with Crippen LogP contribution in [0.3, 0.4) is 0 Å². The van der Waals surface area contributed by atoms with Crippen LogP contribution >= 0.6 is 0 Å². The number of benzene rings is 3. The minimum absolute atomic E-state index is 0.253. The van der Waals surface area contributed by atoms with E-state index in [1.165, 1.54) is 28.9 Å². The molecule has 2 aromatic heterocycles. The molecule has 0 saturated heterocycles. The molecule has 0 amide bonds. The van der Waals surface area contributed by atoms with E-state index in [4.69, 9.17) is 0 Å². The number of carboxylic acids is 1. The predicted molar refractivity (Wildman–Crippen MR) is 129 cm³/mol. The molecule has 0 bridgehead atoms. The summed E-state index contributed by atoms with van der Waals surface area (Å²) >= 11 is 0. The lowest BCUT2D eigenvalue weighted by Gasteiger charge is -2.12. The van der Waals surface area contributed by atoms with Crippen molar-refractivity contribution < 1.29 is 18.7 Å². The second-order valence-electron chi connectivity index (χ2n) is 8.40. The van der Waals surface area contributed by atoms with Gasteiger partial charge in [0.15, 0.2) is 0 Å². The Morgan fingerprint density at radius 1 is 0.943 bits per heavy atom. The molecule has 0 unspecified atom stereocenters. The van der Waals surface area contributed by atoms with Crippen LogP contribution < -0.4 is 5.56 Å². The number of carbonyl (C=O) groups is 1. The number of aryl methyl sites for hydroxylation is 2. The number of fused-ring (bicyclic) bond motifs is 2. The van der Waals surface area contributed by atoms with Crippen LogP contribution in [0.25, 0.3) is 32.9 Å². The highest BCUT2D eigenvalue weighted by molar-refractivity contribution is 6.05. The SMILES string of the molecule is Cc1c(-c2nn(CCc3ccc(F)cc3)c(=O)c3ccccc23)c2cc(F)ccc2n1CC(=O)O. The highest BCUT2D eigenvalue weighted by atomic mass is 19.1. The highest BCUT2D eigenvalue weighted by Gasteiger charge is 2.22. The predicted octanol–water partition coefficient (Wildman–Crippen LogP) is 4.93. The number of rotatable bonds is 6. The van der Waals surface area contributed by atoms with Crippen LogP contribution in [0.2, 0.25) is 0 Å². The van der Waals surface area contributed by atoms with Crippen molar-refractivity contribution in [3.63, 3.8) is 0 Å². The van der Waals surface area contributed by atoms with Crippen LogP contribution in [-0.4, -0.2) is 25.4 Å². The molecule has 5 aromatic rings. The third kappa shape index (κ3) is 4.07. The van der Waals surface area contributed by atoms with Crippen molar-refractivity contribution in [2.24, 2.45) is 0 Å². The smallest absolute Gasteiger partial charge is 0.323 e. The van der Waals surface area contributed by atoms with Gasteiger partial charge in [0.2, 0.25) is 0 Å². The summed E-state index contributed by atoms with van der Waals surface area (Å²) in [5.74, 6) is -1.82. The van der Waals surface area contributed by atoms with Crippen molar-refractivity contribution >= 4 is 27.6 Å². The lowest BCUT2D eigenvalue weighted by Crippen LogP contribution is -2.25. The zero-order valence-electron chi connectivity index (χ0n) is 18.8. The Hall–Kier alpha value is -4.33. The zero-order chi connectivity index (χ0) is 24.7. The second kappa shape index (κ2) is 8.79. The first-order chi connectivity index (χ1) is 16.8. The normalized spacial score (nSPS) is 11.4. The lowest BCUT2D eigenvalue weighted by molar-refractivity contribution is -0.137. The number of aliphatic carboxylic acids is 1. The van der Waals surface area contributed by atoms with Crippen LogP contribution in [0.5, 0.6) is 0 Å². The molecule has 0 saturated carbocycles. The summed E-state index contributed by atoms with van der Waals surface area (Å²) in [6.07, 6.45) is 0.458. The fourth-order valence-corrected chi connectivity index (χ4v) is 4.55. The summed E-state index contributed by atoms with van der Waals surface area (Å²) in [7, 11) is 0. The van der Waals surface area contributed by atoms with Gasteiger partial charge in [0.25, 0.3) is 5.56 Å². The summed E-state index contributed by atoms with van der Waals surface area (Å²) < 4.78 is 30.5. The number of halogens is 2. The molecule has 1 N–H and O–H groups in total. The van der Waals surface area contributed by atoms with Crippen LogP contribution in [0.15, 0.2) is 71.5 Å². The monoisotopic (exact) mass is 473 g/mol. The highest BCUT2D eigenvalue weighted by Crippen LogP contribution is 2.36. The van der Waals surface area contributed by atoms with Crippen molar-refractivity contribution in [3.05, 3.63) is 100.0 Å². The molecule has 0 aliphatic heterocycles. The van der Waals surface area contributed by atoms with E-state index >= 15 is 0 Å². The number of carboxylic acid groups (broad SMARTS) is 1. The van der Waals surface area contributed by atoms with Gasteiger partial charge >= 0.3 is 5.97 Å². The maximum atomic E-state index is 14.3. The molecule has 0 radical (unpaired) electrons. The van der Waals surface area contributed by atoms with E-state index < -0.39 is 11.8 Å². The fourth-order valence-electron chi connectivity index (χ4n) is 4.55. The van der Waals surface area contributed by atoms with Crippen molar-refractivity contribution in [1.82, 2.24) is 14.3 Å². The first kappa shape index (κ1) is 22.5. The number of nitrogens with zero attached hydrogens (tertiary/aromatic N) is 3. The Balaban J connectivity index is 1.73. The molecule has 3 aromatic carbocycles. The molecule has 8 heteroatoms. The molecule has 0 spiro atoms. The van der Waals surface area contributed by atoms with Crippen molar-refractivity contribution in [2.75, 3.05) is 0 Å². The molecule has 35 heavy (non-hydrogen) atoms. The van der Waals surface area contributed by atoms with Crippen molar-refractivity contribution in [2.45, 2.75) is 26.4 Å². The molecular formula is C27H21F2N3O3. The number of hydrogen-bond acceptors (Lipinski definition) is 3. The fraction of sp³-hybridized carbons (Fsp3) is 0.148. The van der Waals surface area contributed by atoms with E-state index in [0.29, 0.717) is 45.0 Å². The van der Waals surface area contributed by atoms with E-state index in [1.54, 1.807) is 54.0 Å². The Bertz CT molecular complexity index is 1650. The van der Waals surface area contributed by atoms with Gasteiger partial charge in [0.1, 0.15) is 23.9 Å². The standard InChI is InChI=1S/C27H21F2N3O3/c1-16-25(22-14-19(29)10-11-23(22)31(16)15-24(33)34)26-20-4-2-3-5-21(20)27(35)32(30-26)13-12-17-6-8-18(28)9-7-17/h2-11,14H,12-13,15H2,1H3,(H,33,34). The average molecular weight is 473 g/mol. The van der Waals surface area contributed by atoms with E-state index in [9.17, 15) is 23.5 Å². The molecule has 2 heterocycles. The van der Waals surface area contributed by atoms with Gasteiger partial charge in [0, 0.05) is 34.1 Å². The second-order valence-corrected chi connectivity index (χ2v) is 8.40. The Kier molecular flexibility index (Phi) is 5.64. The lowest BCUT2D eigenvalue weighted by atomic mass is 10.0. The molecule has 5 rings (SSSR count). The van der Waals surface area contributed by atoms with Gasteiger partial charge < -0.3 is 9.67 Å². The van der Waals surface area contributed by atoms with Gasteiger partial charge in [-0.05, 0) is 55.3 Å². The Morgan fingerprint density at radius 2 is 1.63 bits per heavy atom.